The number of hydrogen-bond donors (Lipinski definition) is 2. The molecule has 202 valence electrons. The van der Waals surface area contributed by atoms with E-state index in [0.29, 0.717) is 12.5 Å². The topological polar surface area (TPSA) is 99.2 Å². The number of nitrogens with one attached hydrogen (secondary N) is 1. The molecule has 0 radical (unpaired) electrons. The Morgan fingerprint density at radius 1 is 1.08 bits per heavy atom. The molecule has 1 heterocycles. The molecule has 0 bridgehead atoms. The molecule has 38 heavy (non-hydrogen) atoms. The minimum absolute atomic E-state index is 0.0149. The van der Waals surface area contributed by atoms with Crippen LogP contribution in [0.1, 0.15) is 67.4 Å². The van der Waals surface area contributed by atoms with Gasteiger partial charge in [0.2, 0.25) is 0 Å². The SMILES string of the molecule is CC(F)(F)Oc1ccc(C(=O)N2c3ccccc3C(N(C(=O)NCCC(=O)O)C3CC3)C3CCCC32)cc1. The molecule has 5 rings (SSSR count). The van der Waals surface area contributed by atoms with Crippen LogP contribution in [0.4, 0.5) is 19.3 Å². The van der Waals surface area contributed by atoms with E-state index in [1.54, 1.807) is 4.90 Å². The molecule has 0 spiro atoms. The van der Waals surface area contributed by atoms with E-state index >= 15 is 0 Å². The smallest absolute Gasteiger partial charge is 0.394 e. The van der Waals surface area contributed by atoms with Crippen LogP contribution in [-0.4, -0.2) is 52.7 Å². The van der Waals surface area contributed by atoms with Crippen LogP contribution in [0.2, 0.25) is 0 Å². The van der Waals surface area contributed by atoms with Gasteiger partial charge >= 0.3 is 18.1 Å². The highest BCUT2D eigenvalue weighted by molar-refractivity contribution is 6.07. The van der Waals surface area contributed by atoms with E-state index in [2.05, 4.69) is 10.1 Å². The molecule has 2 aliphatic carbocycles. The summed E-state index contributed by atoms with van der Waals surface area (Å²) in [5, 5.41) is 11.8. The Bertz CT molecular complexity index is 1210. The van der Waals surface area contributed by atoms with Crippen LogP contribution in [0.5, 0.6) is 5.75 Å². The number of benzene rings is 2. The Labute approximate surface area is 219 Å². The molecule has 2 aromatic carbocycles. The van der Waals surface area contributed by atoms with Crippen molar-refractivity contribution in [3.05, 3.63) is 59.7 Å². The molecule has 8 nitrogen and oxygen atoms in total. The van der Waals surface area contributed by atoms with Gasteiger partial charge in [0.25, 0.3) is 5.91 Å². The highest BCUT2D eigenvalue weighted by Crippen LogP contribution is 2.52. The van der Waals surface area contributed by atoms with E-state index in [1.807, 2.05) is 29.2 Å². The summed E-state index contributed by atoms with van der Waals surface area (Å²) in [7, 11) is 0. The molecule has 3 atom stereocenters. The monoisotopic (exact) mass is 527 g/mol. The third-order valence-corrected chi connectivity index (χ3v) is 7.49. The van der Waals surface area contributed by atoms with Crippen LogP contribution in [0.3, 0.4) is 0 Å². The number of aliphatic carboxylic acids is 1. The van der Waals surface area contributed by atoms with Crippen molar-refractivity contribution < 1.29 is 33.0 Å². The summed E-state index contributed by atoms with van der Waals surface area (Å²) in [5.41, 5.74) is 1.98. The van der Waals surface area contributed by atoms with Crippen LogP contribution < -0.4 is 15.0 Å². The molecule has 2 saturated carbocycles. The van der Waals surface area contributed by atoms with Crippen molar-refractivity contribution in [2.75, 3.05) is 11.4 Å². The maximum absolute atomic E-state index is 13.9. The summed E-state index contributed by atoms with van der Waals surface area (Å²) in [5.74, 6) is -1.22. The number of carboxylic acids is 1. The second kappa shape index (κ2) is 10.2. The normalized spacial score (nSPS) is 22.3. The molecule has 3 aliphatic rings. The van der Waals surface area contributed by atoms with Crippen molar-refractivity contribution in [2.45, 2.75) is 69.7 Å². The first-order valence-electron chi connectivity index (χ1n) is 13.0. The lowest BCUT2D eigenvalue weighted by Crippen LogP contribution is -2.54. The highest BCUT2D eigenvalue weighted by atomic mass is 19.3. The Balaban J connectivity index is 1.47. The summed E-state index contributed by atoms with van der Waals surface area (Å²) in [4.78, 5) is 41.8. The maximum atomic E-state index is 13.9. The standard InChI is InChI=1S/C28H31F2N3O5/c1-28(29,30)38-19-13-9-17(10-14-19)26(36)33-22-7-3-2-5-20(22)25(21-6-4-8-23(21)33)32(18-11-12-18)27(37)31-16-15-24(34)35/h2-3,5,7,9-10,13-14,18,21,23,25H,4,6,8,11-12,15-16H2,1H3,(H,31,37)(H,34,35). The number of ether oxygens (including phenoxy) is 1. The lowest BCUT2D eigenvalue weighted by atomic mass is 9.81. The van der Waals surface area contributed by atoms with Crippen molar-refractivity contribution in [3.63, 3.8) is 0 Å². The Morgan fingerprint density at radius 2 is 1.79 bits per heavy atom. The lowest BCUT2D eigenvalue weighted by molar-refractivity contribution is -0.159. The summed E-state index contributed by atoms with van der Waals surface area (Å²) >= 11 is 0. The molecule has 2 aromatic rings. The molecule has 0 aromatic heterocycles. The molecule has 3 unspecified atom stereocenters. The number of nitrogens with zero attached hydrogens (tertiary/aromatic N) is 2. The van der Waals surface area contributed by atoms with Crippen molar-refractivity contribution in [3.8, 4) is 5.75 Å². The predicted molar refractivity (Wildman–Crippen MR) is 135 cm³/mol. The molecule has 3 amide bonds. The van der Waals surface area contributed by atoms with Gasteiger partial charge in [-0.3, -0.25) is 9.59 Å². The largest absolute Gasteiger partial charge is 0.481 e. The second-order valence-electron chi connectivity index (χ2n) is 10.3. The van der Waals surface area contributed by atoms with E-state index in [1.165, 1.54) is 24.3 Å². The van der Waals surface area contributed by atoms with Crippen molar-refractivity contribution in [1.29, 1.82) is 0 Å². The molecular formula is C28H31F2N3O5. The zero-order valence-electron chi connectivity index (χ0n) is 21.1. The van der Waals surface area contributed by atoms with Gasteiger partial charge in [0.15, 0.2) is 0 Å². The fourth-order valence-corrected chi connectivity index (χ4v) is 5.89. The first kappa shape index (κ1) is 25.9. The van der Waals surface area contributed by atoms with Gasteiger partial charge in [-0.2, -0.15) is 8.78 Å². The number of amides is 3. The van der Waals surface area contributed by atoms with Gasteiger partial charge in [0.1, 0.15) is 5.75 Å². The number of halogens is 2. The first-order valence-corrected chi connectivity index (χ1v) is 13.0. The average molecular weight is 528 g/mol. The minimum atomic E-state index is -3.32. The number of urea groups is 1. The summed E-state index contributed by atoms with van der Waals surface area (Å²) < 4.78 is 31.1. The zero-order chi connectivity index (χ0) is 27.0. The molecule has 0 saturated heterocycles. The Kier molecular flexibility index (Phi) is 6.98. The fraction of sp³-hybridized carbons (Fsp3) is 0.464. The van der Waals surface area contributed by atoms with E-state index in [9.17, 15) is 23.2 Å². The van der Waals surface area contributed by atoms with Gasteiger partial charge in [0.05, 0.1) is 12.5 Å². The predicted octanol–water partition coefficient (Wildman–Crippen LogP) is 5.20. The van der Waals surface area contributed by atoms with Gasteiger partial charge in [0, 0.05) is 42.7 Å². The Morgan fingerprint density at radius 3 is 2.45 bits per heavy atom. The van der Waals surface area contributed by atoms with Gasteiger partial charge in [-0.25, -0.2) is 4.79 Å². The maximum Gasteiger partial charge on any atom is 0.394 e. The zero-order valence-corrected chi connectivity index (χ0v) is 21.1. The second-order valence-corrected chi connectivity index (χ2v) is 10.3. The minimum Gasteiger partial charge on any atom is -0.481 e. The van der Waals surface area contributed by atoms with E-state index < -0.39 is 12.1 Å². The summed E-state index contributed by atoms with van der Waals surface area (Å²) in [6.45, 7) is 0.707. The molecular weight excluding hydrogens is 496 g/mol. The number of carbonyl (C=O) groups is 3. The fourth-order valence-electron chi connectivity index (χ4n) is 5.89. The van der Waals surface area contributed by atoms with Crippen LogP contribution in [0.15, 0.2) is 48.5 Å². The van der Waals surface area contributed by atoms with Crippen molar-refractivity contribution in [2.24, 2.45) is 5.92 Å². The van der Waals surface area contributed by atoms with Crippen molar-refractivity contribution in [1.82, 2.24) is 10.2 Å². The number of anilines is 1. The number of para-hydroxylation sites is 1. The third-order valence-electron chi connectivity index (χ3n) is 7.49. The number of hydrogen-bond acceptors (Lipinski definition) is 4. The van der Waals surface area contributed by atoms with Crippen LogP contribution >= 0.6 is 0 Å². The number of rotatable bonds is 8. The molecule has 2 fully saturated rings. The Hall–Kier alpha value is -3.69. The number of alkyl halides is 2. The number of carbonyl (C=O) groups excluding carboxylic acids is 2. The van der Waals surface area contributed by atoms with Crippen molar-refractivity contribution >= 4 is 23.6 Å². The van der Waals surface area contributed by atoms with E-state index in [-0.39, 0.29) is 54.7 Å². The number of carboxylic acid groups (broad SMARTS) is 1. The van der Waals surface area contributed by atoms with E-state index in [0.717, 1.165) is 43.4 Å². The lowest BCUT2D eigenvalue weighted by Gasteiger charge is -2.47. The van der Waals surface area contributed by atoms with Gasteiger partial charge in [-0.1, -0.05) is 24.6 Å². The van der Waals surface area contributed by atoms with Crippen LogP contribution in [0.25, 0.3) is 0 Å². The van der Waals surface area contributed by atoms with Crippen LogP contribution in [-0.2, 0) is 4.79 Å². The van der Waals surface area contributed by atoms with Gasteiger partial charge < -0.3 is 25.0 Å². The summed E-state index contributed by atoms with van der Waals surface area (Å²) in [6, 6.07) is 12.8. The molecule has 2 N–H and O–H groups in total. The average Bonchev–Trinajstić information content (AvgIpc) is 3.58. The van der Waals surface area contributed by atoms with Gasteiger partial charge in [-0.15, -0.1) is 0 Å². The number of fused-ring (bicyclic) bond motifs is 2. The van der Waals surface area contributed by atoms with Crippen LogP contribution in [0, 0.1) is 5.92 Å². The highest BCUT2D eigenvalue weighted by Gasteiger charge is 2.51. The van der Waals surface area contributed by atoms with Gasteiger partial charge in [-0.05, 0) is 61.6 Å². The van der Waals surface area contributed by atoms with E-state index in [4.69, 9.17) is 5.11 Å². The first-order chi connectivity index (χ1) is 18.1. The molecule has 10 heteroatoms. The quantitative estimate of drug-likeness (QED) is 0.492. The molecule has 1 aliphatic heterocycles. The third kappa shape index (κ3) is 5.30. The summed E-state index contributed by atoms with van der Waals surface area (Å²) in [6.07, 6.45) is 0.824.